The van der Waals surface area contributed by atoms with Gasteiger partial charge in [0.05, 0.1) is 29.4 Å². The van der Waals surface area contributed by atoms with Gasteiger partial charge in [0.1, 0.15) is 29.8 Å². The molecule has 12 nitrogen and oxygen atoms in total. The van der Waals surface area contributed by atoms with Gasteiger partial charge in [0.25, 0.3) is 0 Å². The summed E-state index contributed by atoms with van der Waals surface area (Å²) in [5.41, 5.74) is 1.65. The molecular formula is C28H29ClFN5O7. The number of aliphatic carboxylic acids is 2. The largest absolute Gasteiger partial charge is 0.486 e. The molecule has 2 aromatic carbocycles. The first-order valence-electron chi connectivity index (χ1n) is 12.5. The number of carboxylic acid groups (broad SMARTS) is 2. The van der Waals surface area contributed by atoms with Crippen molar-refractivity contribution in [3.8, 4) is 5.75 Å². The maximum atomic E-state index is 13.6. The van der Waals surface area contributed by atoms with Crippen LogP contribution in [0.4, 0.5) is 21.6 Å². The Kier molecular flexibility index (Phi) is 11.7. The normalized spacial score (nSPS) is 14.6. The van der Waals surface area contributed by atoms with Crippen molar-refractivity contribution in [1.29, 1.82) is 0 Å². The smallest absolute Gasteiger partial charge is 0.328 e. The van der Waals surface area contributed by atoms with Crippen molar-refractivity contribution >= 4 is 57.5 Å². The summed E-state index contributed by atoms with van der Waals surface area (Å²) < 4.78 is 25.1. The number of ether oxygens (including phenoxy) is 2. The number of fused-ring (bicyclic) bond motifs is 1. The summed E-state index contributed by atoms with van der Waals surface area (Å²) >= 11 is 5.91. The van der Waals surface area contributed by atoms with Crippen LogP contribution in [-0.2, 0) is 19.1 Å². The number of nitrogens with one attached hydrogen (secondary N) is 2. The van der Waals surface area contributed by atoms with Crippen LogP contribution in [0.3, 0.4) is 0 Å². The van der Waals surface area contributed by atoms with Gasteiger partial charge in [-0.05, 0) is 38.4 Å². The molecule has 42 heavy (non-hydrogen) atoms. The number of likely N-dealkylation sites (N-methyl/N-ethyl adjacent to an activating group) is 1. The highest BCUT2D eigenvalue weighted by atomic mass is 35.5. The molecule has 2 heterocycles. The van der Waals surface area contributed by atoms with E-state index in [0.717, 1.165) is 6.42 Å². The molecule has 14 heteroatoms. The van der Waals surface area contributed by atoms with Gasteiger partial charge in [-0.3, -0.25) is 4.79 Å². The van der Waals surface area contributed by atoms with Gasteiger partial charge in [-0.2, -0.15) is 0 Å². The summed E-state index contributed by atoms with van der Waals surface area (Å²) in [6.07, 6.45) is 6.43. The summed E-state index contributed by atoms with van der Waals surface area (Å²) in [6, 6.07) is 7.82. The lowest BCUT2D eigenvalue weighted by Gasteiger charge is -2.17. The number of nitrogens with zero attached hydrogens (tertiary/aromatic N) is 3. The Hall–Kier alpha value is -4.59. The van der Waals surface area contributed by atoms with Gasteiger partial charge in [-0.15, -0.1) is 0 Å². The number of anilines is 3. The Morgan fingerprint density at radius 2 is 1.88 bits per heavy atom. The number of hydrogen-bond donors (Lipinski definition) is 4. The molecule has 1 aromatic heterocycles. The molecule has 1 atom stereocenters. The van der Waals surface area contributed by atoms with Crippen molar-refractivity contribution in [3.05, 3.63) is 71.8 Å². The van der Waals surface area contributed by atoms with E-state index in [9.17, 15) is 18.8 Å². The molecule has 0 radical (unpaired) electrons. The van der Waals surface area contributed by atoms with Gasteiger partial charge >= 0.3 is 11.9 Å². The van der Waals surface area contributed by atoms with Crippen LogP contribution in [0.15, 0.2) is 61.0 Å². The van der Waals surface area contributed by atoms with Gasteiger partial charge in [0.15, 0.2) is 0 Å². The first-order valence-corrected chi connectivity index (χ1v) is 12.9. The van der Waals surface area contributed by atoms with E-state index in [-0.39, 0.29) is 17.0 Å². The fraction of sp³-hybridized carbons (Fsp3) is 0.250. The summed E-state index contributed by atoms with van der Waals surface area (Å²) in [5, 5.41) is 22.3. The Morgan fingerprint density at radius 3 is 2.50 bits per heavy atom. The van der Waals surface area contributed by atoms with Crippen molar-refractivity contribution in [1.82, 2.24) is 14.9 Å². The monoisotopic (exact) mass is 601 g/mol. The lowest BCUT2D eigenvalue weighted by atomic mass is 10.1. The molecule has 1 aliphatic rings. The number of benzene rings is 2. The van der Waals surface area contributed by atoms with Crippen molar-refractivity contribution in [2.45, 2.75) is 12.5 Å². The van der Waals surface area contributed by atoms with Crippen LogP contribution in [0.5, 0.6) is 5.75 Å². The highest BCUT2D eigenvalue weighted by molar-refractivity contribution is 6.31. The Balaban J connectivity index is 0.000000531. The number of hydrogen-bond acceptors (Lipinski definition) is 9. The second-order valence-corrected chi connectivity index (χ2v) is 9.52. The van der Waals surface area contributed by atoms with Crippen molar-refractivity contribution in [2.75, 3.05) is 44.5 Å². The number of halogens is 2. The highest BCUT2D eigenvalue weighted by Crippen LogP contribution is 2.35. The molecular weight excluding hydrogens is 573 g/mol. The zero-order valence-corrected chi connectivity index (χ0v) is 23.5. The minimum atomic E-state index is -1.26. The van der Waals surface area contributed by atoms with E-state index in [1.807, 2.05) is 19.0 Å². The zero-order chi connectivity index (χ0) is 30.6. The van der Waals surface area contributed by atoms with Crippen molar-refractivity contribution in [2.24, 2.45) is 0 Å². The standard InChI is InChI=1S/C24H25ClFN5O3.C4H4O4/c1-31(2)8-3-4-23(32)30-21-11-17-20(12-22(21)34-16-7-9-33-13-16)27-14-28-24(17)29-15-5-6-19(26)18(25)10-15;5-3(6)1-2-4(7)8/h3-6,10-12,14,16H,7-9,13H2,1-2H3,(H,30,32)(H,27,28,29);1-2H,(H,5,6)(H,7,8). The summed E-state index contributed by atoms with van der Waals surface area (Å²) in [7, 11) is 3.84. The molecule has 0 saturated carbocycles. The summed E-state index contributed by atoms with van der Waals surface area (Å²) in [5.74, 6) is -2.34. The molecule has 0 aliphatic carbocycles. The van der Waals surface area contributed by atoms with Crippen LogP contribution < -0.4 is 15.4 Å². The fourth-order valence-corrected chi connectivity index (χ4v) is 3.74. The Labute approximate surface area is 245 Å². The fourth-order valence-electron chi connectivity index (χ4n) is 3.56. The molecule has 222 valence electrons. The van der Waals surface area contributed by atoms with E-state index in [2.05, 4.69) is 20.6 Å². The maximum absolute atomic E-state index is 13.6. The average Bonchev–Trinajstić information content (AvgIpc) is 3.43. The van der Waals surface area contributed by atoms with Crippen molar-refractivity contribution < 1.29 is 38.5 Å². The maximum Gasteiger partial charge on any atom is 0.328 e. The van der Waals surface area contributed by atoms with Crippen LogP contribution >= 0.6 is 11.6 Å². The third-order valence-corrected chi connectivity index (χ3v) is 5.76. The zero-order valence-electron chi connectivity index (χ0n) is 22.7. The molecule has 1 unspecified atom stereocenters. The number of aromatic nitrogens is 2. The number of rotatable bonds is 10. The van der Waals surface area contributed by atoms with E-state index < -0.39 is 17.8 Å². The number of amides is 1. The van der Waals surface area contributed by atoms with Gasteiger partial charge in [-0.1, -0.05) is 17.7 Å². The van der Waals surface area contributed by atoms with E-state index in [0.29, 0.717) is 65.8 Å². The number of carbonyl (C=O) groups excluding carboxylic acids is 1. The molecule has 4 rings (SSSR count). The SMILES string of the molecule is CN(C)CC=CC(=O)Nc1cc2c(Nc3ccc(F)c(Cl)c3)ncnc2cc1OC1CCOC1.O=C(O)C=CC(=O)O. The van der Waals surface area contributed by atoms with Crippen LogP contribution in [-0.4, -0.2) is 82.9 Å². The molecule has 1 saturated heterocycles. The van der Waals surface area contributed by atoms with E-state index in [1.165, 1.54) is 24.5 Å². The number of carbonyl (C=O) groups is 3. The molecule has 0 spiro atoms. The number of carboxylic acids is 2. The molecule has 1 aliphatic heterocycles. The van der Waals surface area contributed by atoms with Gasteiger partial charge in [0.2, 0.25) is 5.91 Å². The third kappa shape index (κ3) is 10.1. The second kappa shape index (κ2) is 15.4. The van der Waals surface area contributed by atoms with E-state index in [4.69, 9.17) is 31.3 Å². The highest BCUT2D eigenvalue weighted by Gasteiger charge is 2.21. The van der Waals surface area contributed by atoms with Gasteiger partial charge in [0, 0.05) is 48.3 Å². The average molecular weight is 602 g/mol. The van der Waals surface area contributed by atoms with Gasteiger partial charge in [-0.25, -0.2) is 23.9 Å². The molecule has 3 aromatic rings. The molecule has 1 fully saturated rings. The predicted octanol–water partition coefficient (Wildman–Crippen LogP) is 4.10. The van der Waals surface area contributed by atoms with Crippen LogP contribution in [0.1, 0.15) is 6.42 Å². The Bertz CT molecular complexity index is 1480. The second-order valence-electron chi connectivity index (χ2n) is 9.11. The molecule has 0 bridgehead atoms. The van der Waals surface area contributed by atoms with E-state index >= 15 is 0 Å². The third-order valence-electron chi connectivity index (χ3n) is 5.47. The first kappa shape index (κ1) is 31.9. The topological polar surface area (TPSA) is 163 Å². The van der Waals surface area contributed by atoms with Crippen LogP contribution in [0.25, 0.3) is 10.9 Å². The van der Waals surface area contributed by atoms with Crippen molar-refractivity contribution in [3.63, 3.8) is 0 Å². The predicted molar refractivity (Wildman–Crippen MR) is 155 cm³/mol. The molecule has 1 amide bonds. The first-order chi connectivity index (χ1) is 20.0. The Morgan fingerprint density at radius 1 is 1.14 bits per heavy atom. The van der Waals surface area contributed by atoms with E-state index in [1.54, 1.807) is 24.3 Å². The lowest BCUT2D eigenvalue weighted by Crippen LogP contribution is -2.18. The van der Waals surface area contributed by atoms with Gasteiger partial charge < -0.3 is 35.2 Å². The summed E-state index contributed by atoms with van der Waals surface area (Å²) in [6.45, 7) is 1.75. The molecule has 4 N–H and O–H groups in total. The lowest BCUT2D eigenvalue weighted by molar-refractivity contribution is -0.134. The summed E-state index contributed by atoms with van der Waals surface area (Å²) in [4.78, 5) is 42.3. The van der Waals surface area contributed by atoms with Crippen LogP contribution in [0.2, 0.25) is 5.02 Å². The van der Waals surface area contributed by atoms with Crippen LogP contribution in [0, 0.1) is 5.82 Å². The minimum Gasteiger partial charge on any atom is -0.486 e. The quantitative estimate of drug-likeness (QED) is 0.247. The minimum absolute atomic E-state index is 0.00436.